The van der Waals surface area contributed by atoms with Crippen LogP contribution in [0.4, 0.5) is 0 Å². The zero-order valence-electron chi connectivity index (χ0n) is 20.3. The van der Waals surface area contributed by atoms with Crippen LogP contribution in [0.2, 0.25) is 18.1 Å². The molecule has 0 aromatic rings. The van der Waals surface area contributed by atoms with Crippen molar-refractivity contribution in [3.8, 4) is 0 Å². The van der Waals surface area contributed by atoms with Crippen molar-refractivity contribution in [1.82, 2.24) is 0 Å². The van der Waals surface area contributed by atoms with Crippen molar-refractivity contribution in [2.24, 2.45) is 23.2 Å². The molecule has 0 N–H and O–H groups in total. The lowest BCUT2D eigenvalue weighted by Crippen LogP contribution is -2.48. The molecule has 2 fully saturated rings. The average molecular weight is 426 g/mol. The molecule has 5 atom stereocenters. The predicted octanol–water partition coefficient (Wildman–Crippen LogP) is 7.45. The van der Waals surface area contributed by atoms with Crippen molar-refractivity contribution < 1.29 is 9.35 Å². The van der Waals surface area contributed by atoms with Gasteiger partial charge in [-0.05, 0) is 73.4 Å². The van der Waals surface area contributed by atoms with E-state index in [-0.39, 0.29) is 4.92 Å². The molecule has 0 bridgehead atoms. The van der Waals surface area contributed by atoms with Crippen molar-refractivity contribution >= 4 is 8.32 Å². The fraction of sp³-hybridized carbons (Fsp3) is 1.00. The van der Waals surface area contributed by atoms with E-state index in [0.29, 0.717) is 23.9 Å². The summed E-state index contributed by atoms with van der Waals surface area (Å²) in [6, 6.07) is 3.73. The molecule has 0 aliphatic heterocycles. The number of fused-ring (bicyclic) bond motifs is 1. The van der Waals surface area contributed by atoms with E-state index in [4.69, 9.17) is 4.43 Å². The summed E-state index contributed by atoms with van der Waals surface area (Å²) in [4.78, 5) is 11.1. The standard InChI is InChI=1S/C24H47NO3Si/c1-8-29(9-2,10-3)28-22-14-12-18-24(7)20(15-16-21(22)24)19(4)13-11-17-23(5,6)25(26)27/h19-22H,8-18H2,1-7H3/t19-,20-,21+,22+,24-/m1/s1. The molecule has 0 aromatic carbocycles. The Morgan fingerprint density at radius 1 is 1.17 bits per heavy atom. The Bertz CT molecular complexity index is 540. The maximum Gasteiger partial charge on any atom is 0.216 e. The van der Waals surface area contributed by atoms with E-state index < -0.39 is 13.9 Å². The van der Waals surface area contributed by atoms with Gasteiger partial charge in [0.2, 0.25) is 5.54 Å². The summed E-state index contributed by atoms with van der Waals surface area (Å²) in [6.45, 7) is 15.5. The van der Waals surface area contributed by atoms with Gasteiger partial charge in [0, 0.05) is 31.3 Å². The van der Waals surface area contributed by atoms with Gasteiger partial charge in [0.05, 0.1) is 0 Å². The van der Waals surface area contributed by atoms with Crippen LogP contribution < -0.4 is 0 Å². The van der Waals surface area contributed by atoms with Gasteiger partial charge in [-0.2, -0.15) is 0 Å². The lowest BCUT2D eigenvalue weighted by Gasteiger charge is -2.49. The van der Waals surface area contributed by atoms with E-state index in [2.05, 4.69) is 34.6 Å². The number of rotatable bonds is 11. The molecule has 0 heterocycles. The van der Waals surface area contributed by atoms with Crippen LogP contribution in [0.5, 0.6) is 0 Å². The van der Waals surface area contributed by atoms with Gasteiger partial charge in [-0.1, -0.05) is 47.5 Å². The minimum Gasteiger partial charge on any atom is -0.414 e. The minimum atomic E-state index is -1.56. The molecule has 0 unspecified atom stereocenters. The lowest BCUT2D eigenvalue weighted by molar-refractivity contribution is -0.561. The first-order chi connectivity index (χ1) is 13.5. The van der Waals surface area contributed by atoms with Crippen LogP contribution in [0.15, 0.2) is 0 Å². The molecule has 0 amide bonds. The Labute approximate surface area is 180 Å². The molecule has 2 aliphatic carbocycles. The van der Waals surface area contributed by atoms with E-state index in [1.807, 2.05) is 0 Å². The van der Waals surface area contributed by atoms with Crippen molar-refractivity contribution in [2.75, 3.05) is 0 Å². The van der Waals surface area contributed by atoms with E-state index in [9.17, 15) is 10.1 Å². The van der Waals surface area contributed by atoms with Gasteiger partial charge in [-0.25, -0.2) is 0 Å². The molecule has 0 aromatic heterocycles. The predicted molar refractivity (Wildman–Crippen MR) is 124 cm³/mol. The van der Waals surface area contributed by atoms with E-state index in [0.717, 1.165) is 24.7 Å². The highest BCUT2D eigenvalue weighted by Gasteiger charge is 2.53. The number of hydrogen-bond acceptors (Lipinski definition) is 3. The highest BCUT2D eigenvalue weighted by molar-refractivity contribution is 6.73. The van der Waals surface area contributed by atoms with Crippen LogP contribution in [0, 0.1) is 33.3 Å². The number of hydrogen-bond donors (Lipinski definition) is 0. The molecule has 2 aliphatic rings. The fourth-order valence-corrected chi connectivity index (χ4v) is 9.63. The monoisotopic (exact) mass is 425 g/mol. The van der Waals surface area contributed by atoms with Crippen molar-refractivity contribution in [2.45, 2.75) is 130 Å². The minimum absolute atomic E-state index is 0.112. The SMILES string of the molecule is CC[Si](CC)(CC)O[C@H]1CCC[C@]2(C)[C@@H]([C@H](C)CCCC(C)(C)[N+](=O)[O-])CC[C@@H]12. The van der Waals surface area contributed by atoms with Crippen LogP contribution in [0.25, 0.3) is 0 Å². The maximum atomic E-state index is 11.2. The quantitative estimate of drug-likeness (QED) is 0.196. The van der Waals surface area contributed by atoms with E-state index >= 15 is 0 Å². The highest BCUT2D eigenvalue weighted by atomic mass is 28.4. The first kappa shape index (κ1) is 24.8. The molecule has 2 rings (SSSR count). The van der Waals surface area contributed by atoms with Gasteiger partial charge in [0.15, 0.2) is 8.32 Å². The van der Waals surface area contributed by atoms with Gasteiger partial charge in [0.25, 0.3) is 0 Å². The number of nitrogens with zero attached hydrogens (tertiary/aromatic N) is 1. The fourth-order valence-electron chi connectivity index (χ4n) is 6.71. The van der Waals surface area contributed by atoms with Gasteiger partial charge in [-0.3, -0.25) is 10.1 Å². The largest absolute Gasteiger partial charge is 0.414 e. The van der Waals surface area contributed by atoms with Gasteiger partial charge in [-0.15, -0.1) is 0 Å². The summed E-state index contributed by atoms with van der Waals surface area (Å²) < 4.78 is 7.05. The summed E-state index contributed by atoms with van der Waals surface area (Å²) in [7, 11) is -1.56. The molecule has 0 radical (unpaired) electrons. The first-order valence-electron chi connectivity index (χ1n) is 12.4. The van der Waals surface area contributed by atoms with Gasteiger partial charge in [0.1, 0.15) is 0 Å². The third-order valence-electron chi connectivity index (χ3n) is 9.10. The summed E-state index contributed by atoms with van der Waals surface area (Å²) in [6.07, 6.45) is 9.77. The van der Waals surface area contributed by atoms with E-state index in [1.54, 1.807) is 13.8 Å². The Morgan fingerprint density at radius 3 is 2.34 bits per heavy atom. The normalized spacial score (nSPS) is 31.5. The molecule has 4 nitrogen and oxygen atoms in total. The zero-order valence-corrected chi connectivity index (χ0v) is 21.3. The second-order valence-corrected chi connectivity index (χ2v) is 15.8. The molecule has 29 heavy (non-hydrogen) atoms. The molecule has 2 saturated carbocycles. The molecule has 5 heteroatoms. The lowest BCUT2D eigenvalue weighted by atomic mass is 9.61. The van der Waals surface area contributed by atoms with Crippen LogP contribution in [-0.2, 0) is 4.43 Å². The molecular weight excluding hydrogens is 378 g/mol. The van der Waals surface area contributed by atoms with Crippen molar-refractivity contribution in [3.05, 3.63) is 10.1 Å². The van der Waals surface area contributed by atoms with Crippen LogP contribution in [0.3, 0.4) is 0 Å². The average Bonchev–Trinajstić information content (AvgIpc) is 3.03. The second kappa shape index (κ2) is 9.80. The second-order valence-electron chi connectivity index (χ2n) is 11.0. The molecule has 0 saturated heterocycles. The topological polar surface area (TPSA) is 52.4 Å². The Balaban J connectivity index is 2.02. The maximum absolute atomic E-state index is 11.2. The third kappa shape index (κ3) is 5.26. The zero-order chi connectivity index (χ0) is 21.9. The van der Waals surface area contributed by atoms with Crippen molar-refractivity contribution in [1.29, 1.82) is 0 Å². The highest BCUT2D eigenvalue weighted by Crippen LogP contribution is 2.59. The summed E-state index contributed by atoms with van der Waals surface area (Å²) in [5.74, 6) is 2.12. The van der Waals surface area contributed by atoms with E-state index in [1.165, 1.54) is 50.2 Å². The smallest absolute Gasteiger partial charge is 0.216 e. The first-order valence-corrected chi connectivity index (χ1v) is 14.9. The van der Waals surface area contributed by atoms with Crippen molar-refractivity contribution in [3.63, 3.8) is 0 Å². The summed E-state index contributed by atoms with van der Waals surface area (Å²) in [5.41, 5.74) is -0.393. The molecule has 0 spiro atoms. The summed E-state index contributed by atoms with van der Waals surface area (Å²) >= 11 is 0. The van der Waals surface area contributed by atoms with Crippen LogP contribution in [-0.4, -0.2) is 24.9 Å². The Kier molecular flexibility index (Phi) is 8.40. The number of nitro groups is 1. The Hall–Kier alpha value is -0.423. The molecular formula is C24H47NO3Si. The third-order valence-corrected chi connectivity index (χ3v) is 13.8. The molecule has 170 valence electrons. The summed E-state index contributed by atoms with van der Waals surface area (Å²) in [5, 5.41) is 11.2. The van der Waals surface area contributed by atoms with Crippen LogP contribution >= 0.6 is 0 Å². The Morgan fingerprint density at radius 2 is 1.79 bits per heavy atom. The van der Waals surface area contributed by atoms with Crippen LogP contribution in [0.1, 0.15) is 99.8 Å². The van der Waals surface area contributed by atoms with Gasteiger partial charge >= 0.3 is 0 Å². The van der Waals surface area contributed by atoms with Gasteiger partial charge < -0.3 is 4.43 Å².